The first-order chi connectivity index (χ1) is 17.5. The molecule has 2 aromatic rings. The van der Waals surface area contributed by atoms with Crippen LogP contribution in [0.4, 0.5) is 14.5 Å². The predicted octanol–water partition coefficient (Wildman–Crippen LogP) is 5.78. The van der Waals surface area contributed by atoms with Gasteiger partial charge in [0.25, 0.3) is 11.8 Å². The zero-order valence-electron chi connectivity index (χ0n) is 20.6. The summed E-state index contributed by atoms with van der Waals surface area (Å²) in [4.78, 5) is 52.7. The molecule has 1 aliphatic rings. The summed E-state index contributed by atoms with van der Waals surface area (Å²) in [5.41, 5.74) is -0.708. The van der Waals surface area contributed by atoms with Gasteiger partial charge in [-0.25, -0.2) is 14.1 Å². The first-order valence-electron chi connectivity index (χ1n) is 11.7. The summed E-state index contributed by atoms with van der Waals surface area (Å²) < 4.78 is 39.4. The Morgan fingerprint density at radius 2 is 1.76 bits per heavy atom. The quantitative estimate of drug-likeness (QED) is 0.304. The maximum absolute atomic E-state index is 15.3. The molecule has 0 atom stereocenters. The Bertz CT molecular complexity index is 1260. The second-order valence-corrected chi connectivity index (χ2v) is 9.95. The van der Waals surface area contributed by atoms with E-state index in [1.54, 1.807) is 20.8 Å². The van der Waals surface area contributed by atoms with E-state index in [2.05, 4.69) is 0 Å². The Hall–Kier alpha value is -3.11. The van der Waals surface area contributed by atoms with Crippen molar-refractivity contribution in [1.82, 2.24) is 0 Å². The standard InChI is InChI=1S/C26H26ClF2NO6S/c1-4-35-20(31)13-19-21(27)22(23(29)37-19)30(24(32)15-8-7-9-16(28)12-15)25(33)17-10-5-6-11-18(17)26(34)36-14(2)3/h7-9,12,14H,4-6,10-11,13H2,1-3H3. The minimum atomic E-state index is -1.04. The number of amides is 2. The molecule has 11 heteroatoms. The van der Waals surface area contributed by atoms with Crippen LogP contribution < -0.4 is 4.90 Å². The van der Waals surface area contributed by atoms with Crippen molar-refractivity contribution in [1.29, 1.82) is 0 Å². The molecule has 3 rings (SSSR count). The number of benzene rings is 1. The molecule has 0 saturated carbocycles. The number of halogens is 3. The van der Waals surface area contributed by atoms with Gasteiger partial charge in [0, 0.05) is 21.6 Å². The van der Waals surface area contributed by atoms with Crippen LogP contribution in [0.2, 0.25) is 5.02 Å². The molecule has 2 amide bonds. The molecule has 198 valence electrons. The molecule has 0 aliphatic heterocycles. The largest absolute Gasteiger partial charge is 0.466 e. The third kappa shape index (κ3) is 6.61. The molecule has 1 aliphatic carbocycles. The Kier molecular flexibility index (Phi) is 9.56. The summed E-state index contributed by atoms with van der Waals surface area (Å²) in [6, 6.07) is 4.56. The zero-order chi connectivity index (χ0) is 27.3. The fraction of sp³-hybridized carbons (Fsp3) is 0.385. The maximum Gasteiger partial charge on any atom is 0.334 e. The molecule has 0 fully saturated rings. The molecule has 0 radical (unpaired) electrons. The van der Waals surface area contributed by atoms with Crippen molar-refractivity contribution in [2.24, 2.45) is 0 Å². The van der Waals surface area contributed by atoms with Crippen molar-refractivity contribution >= 4 is 52.4 Å². The van der Waals surface area contributed by atoms with Crippen molar-refractivity contribution in [2.45, 2.75) is 59.0 Å². The number of thiophene rings is 1. The molecule has 0 bridgehead atoms. The number of rotatable bonds is 8. The van der Waals surface area contributed by atoms with Gasteiger partial charge >= 0.3 is 11.9 Å². The summed E-state index contributed by atoms with van der Waals surface area (Å²) in [6.07, 6.45) is 0.733. The van der Waals surface area contributed by atoms with Crippen molar-refractivity contribution in [3.8, 4) is 0 Å². The van der Waals surface area contributed by atoms with Crippen LogP contribution in [-0.4, -0.2) is 36.5 Å². The van der Waals surface area contributed by atoms with E-state index < -0.39 is 46.5 Å². The summed E-state index contributed by atoms with van der Waals surface area (Å²) in [5.74, 6) is -4.11. The minimum absolute atomic E-state index is 0.00439. The third-order valence-electron chi connectivity index (χ3n) is 5.48. The van der Waals surface area contributed by atoms with Crippen LogP contribution in [0.25, 0.3) is 0 Å². The average Bonchev–Trinajstić information content (AvgIpc) is 3.11. The number of hydrogen-bond acceptors (Lipinski definition) is 7. The maximum atomic E-state index is 15.3. The molecular formula is C26H26ClF2NO6S. The predicted molar refractivity (Wildman–Crippen MR) is 135 cm³/mol. The first kappa shape index (κ1) is 28.5. The fourth-order valence-electron chi connectivity index (χ4n) is 3.90. The van der Waals surface area contributed by atoms with Crippen molar-refractivity contribution < 1.29 is 37.4 Å². The monoisotopic (exact) mass is 553 g/mol. The van der Waals surface area contributed by atoms with Crippen LogP contribution in [0.15, 0.2) is 35.4 Å². The molecular weight excluding hydrogens is 528 g/mol. The Labute approximate surface area is 222 Å². The van der Waals surface area contributed by atoms with Gasteiger partial charge in [0.15, 0.2) is 0 Å². The van der Waals surface area contributed by atoms with Crippen molar-refractivity contribution in [3.05, 3.63) is 61.8 Å². The highest BCUT2D eigenvalue weighted by Crippen LogP contribution is 2.41. The van der Waals surface area contributed by atoms with Gasteiger partial charge in [0.2, 0.25) is 5.13 Å². The molecule has 1 heterocycles. The van der Waals surface area contributed by atoms with E-state index in [-0.39, 0.29) is 52.5 Å². The smallest absolute Gasteiger partial charge is 0.334 e. The van der Waals surface area contributed by atoms with Gasteiger partial charge in [-0.05, 0) is 64.7 Å². The lowest BCUT2D eigenvalue weighted by molar-refractivity contribution is -0.143. The number of nitrogens with zero attached hydrogens (tertiary/aromatic N) is 1. The summed E-state index contributed by atoms with van der Waals surface area (Å²) in [5, 5.41) is -1.32. The van der Waals surface area contributed by atoms with Crippen molar-refractivity contribution in [2.75, 3.05) is 11.5 Å². The highest BCUT2D eigenvalue weighted by Gasteiger charge is 2.37. The molecule has 37 heavy (non-hydrogen) atoms. The number of hydrogen-bond donors (Lipinski definition) is 0. The molecule has 0 saturated heterocycles. The van der Waals surface area contributed by atoms with Crippen LogP contribution >= 0.6 is 22.9 Å². The van der Waals surface area contributed by atoms with E-state index in [0.717, 1.165) is 12.1 Å². The fourth-order valence-corrected chi connectivity index (χ4v) is 5.18. The number of ether oxygens (including phenoxy) is 2. The average molecular weight is 554 g/mol. The highest BCUT2D eigenvalue weighted by atomic mass is 35.5. The Morgan fingerprint density at radius 1 is 1.08 bits per heavy atom. The SMILES string of the molecule is CCOC(=O)Cc1sc(F)c(N(C(=O)C2=C(C(=O)OC(C)C)CCCC2)C(=O)c2cccc(F)c2)c1Cl. The number of imide groups is 1. The summed E-state index contributed by atoms with van der Waals surface area (Å²) in [6.45, 7) is 5.03. The second-order valence-electron chi connectivity index (χ2n) is 8.52. The topological polar surface area (TPSA) is 90.0 Å². The van der Waals surface area contributed by atoms with Gasteiger partial charge in [0.05, 0.1) is 24.2 Å². The lowest BCUT2D eigenvalue weighted by Gasteiger charge is -2.26. The Morgan fingerprint density at radius 3 is 2.38 bits per heavy atom. The molecule has 0 spiro atoms. The summed E-state index contributed by atoms with van der Waals surface area (Å²) in [7, 11) is 0. The number of anilines is 1. The van der Waals surface area contributed by atoms with Gasteiger partial charge in [-0.1, -0.05) is 17.7 Å². The second kappa shape index (κ2) is 12.4. The number of esters is 2. The van der Waals surface area contributed by atoms with Crippen LogP contribution in [0.1, 0.15) is 61.7 Å². The van der Waals surface area contributed by atoms with E-state index in [4.69, 9.17) is 21.1 Å². The van der Waals surface area contributed by atoms with Gasteiger partial charge in [-0.3, -0.25) is 14.4 Å². The van der Waals surface area contributed by atoms with Crippen molar-refractivity contribution in [3.63, 3.8) is 0 Å². The van der Waals surface area contributed by atoms with Gasteiger partial charge in [-0.15, -0.1) is 11.3 Å². The number of carbonyl (C=O) groups excluding carboxylic acids is 4. The van der Waals surface area contributed by atoms with E-state index in [1.165, 1.54) is 12.1 Å². The molecule has 1 aromatic heterocycles. The minimum Gasteiger partial charge on any atom is -0.466 e. The first-order valence-corrected chi connectivity index (χ1v) is 12.9. The summed E-state index contributed by atoms with van der Waals surface area (Å²) >= 11 is 6.91. The van der Waals surface area contributed by atoms with E-state index in [0.29, 0.717) is 29.1 Å². The van der Waals surface area contributed by atoms with Crippen LogP contribution in [-0.2, 0) is 30.3 Å². The lowest BCUT2D eigenvalue weighted by Crippen LogP contribution is -2.40. The normalized spacial score (nSPS) is 13.5. The highest BCUT2D eigenvalue weighted by molar-refractivity contribution is 7.11. The van der Waals surface area contributed by atoms with E-state index >= 15 is 4.39 Å². The van der Waals surface area contributed by atoms with Gasteiger partial charge in [0.1, 0.15) is 11.5 Å². The molecule has 0 N–H and O–H groups in total. The van der Waals surface area contributed by atoms with E-state index in [1.807, 2.05) is 0 Å². The van der Waals surface area contributed by atoms with Gasteiger partial charge in [-0.2, -0.15) is 4.39 Å². The molecule has 0 unspecified atom stereocenters. The lowest BCUT2D eigenvalue weighted by atomic mass is 9.90. The third-order valence-corrected chi connectivity index (χ3v) is 6.97. The van der Waals surface area contributed by atoms with Crippen LogP contribution in [0.3, 0.4) is 0 Å². The van der Waals surface area contributed by atoms with Crippen LogP contribution in [0.5, 0.6) is 0 Å². The Balaban J connectivity index is 2.16. The zero-order valence-corrected chi connectivity index (χ0v) is 22.1. The molecule has 7 nitrogen and oxygen atoms in total. The number of carbonyl (C=O) groups is 4. The molecule has 1 aromatic carbocycles. The van der Waals surface area contributed by atoms with Gasteiger partial charge < -0.3 is 9.47 Å². The van der Waals surface area contributed by atoms with Crippen LogP contribution in [0, 0.1) is 10.9 Å². The van der Waals surface area contributed by atoms with E-state index in [9.17, 15) is 23.6 Å².